The molecular weight excluding hydrogens is 276 g/mol. The molecule has 94 valence electrons. The third kappa shape index (κ3) is 1.87. The maximum absolute atomic E-state index is 4.48. The van der Waals surface area contributed by atoms with Crippen LogP contribution >= 0.6 is 15.9 Å². The Hall–Kier alpha value is -0.310. The van der Waals surface area contributed by atoms with Crippen molar-refractivity contribution in [1.82, 2.24) is 9.78 Å². The third-order valence-corrected chi connectivity index (χ3v) is 6.12. The van der Waals surface area contributed by atoms with E-state index in [1.807, 2.05) is 0 Å². The van der Waals surface area contributed by atoms with Crippen LogP contribution in [-0.4, -0.2) is 15.1 Å². The van der Waals surface area contributed by atoms with Gasteiger partial charge < -0.3 is 0 Å². The molecule has 3 unspecified atom stereocenters. The van der Waals surface area contributed by atoms with E-state index in [9.17, 15) is 0 Å². The molecule has 1 heterocycles. The largest absolute Gasteiger partial charge is 0.272 e. The minimum atomic E-state index is 0.517. The molecule has 3 rings (SSSR count). The number of hydrogen-bond acceptors (Lipinski definition) is 1. The van der Waals surface area contributed by atoms with Gasteiger partial charge in [0.25, 0.3) is 0 Å². The maximum Gasteiger partial charge on any atom is 0.0596 e. The fourth-order valence-electron chi connectivity index (χ4n) is 4.18. The van der Waals surface area contributed by atoms with Gasteiger partial charge in [-0.2, -0.15) is 5.10 Å². The quantitative estimate of drug-likeness (QED) is 0.781. The molecular formula is C14H21BrN2. The molecule has 3 atom stereocenters. The van der Waals surface area contributed by atoms with Crippen molar-refractivity contribution in [3.8, 4) is 0 Å². The van der Waals surface area contributed by atoms with E-state index in [4.69, 9.17) is 0 Å². The molecule has 17 heavy (non-hydrogen) atoms. The van der Waals surface area contributed by atoms with Crippen LogP contribution in [0.4, 0.5) is 0 Å². The third-order valence-electron chi connectivity index (χ3n) is 5.00. The zero-order valence-electron chi connectivity index (χ0n) is 10.7. The second-order valence-electron chi connectivity index (χ2n) is 6.15. The summed E-state index contributed by atoms with van der Waals surface area (Å²) < 4.78 is 2.08. The summed E-state index contributed by atoms with van der Waals surface area (Å²) in [5.74, 6) is 1.95. The van der Waals surface area contributed by atoms with Crippen molar-refractivity contribution in [2.45, 2.75) is 39.0 Å². The molecule has 0 amide bonds. The van der Waals surface area contributed by atoms with Crippen molar-refractivity contribution >= 4 is 15.9 Å². The summed E-state index contributed by atoms with van der Waals surface area (Å²) >= 11 is 3.79. The molecule has 0 N–H and O–H groups in total. The van der Waals surface area contributed by atoms with Gasteiger partial charge in [0.05, 0.1) is 5.69 Å². The first-order chi connectivity index (χ1) is 8.13. The van der Waals surface area contributed by atoms with Crippen molar-refractivity contribution in [2.75, 3.05) is 5.33 Å². The average Bonchev–Trinajstić information content (AvgIpc) is 2.95. The Morgan fingerprint density at radius 2 is 2.35 bits per heavy atom. The molecule has 2 aliphatic carbocycles. The van der Waals surface area contributed by atoms with Crippen LogP contribution in [0.1, 0.15) is 37.1 Å². The van der Waals surface area contributed by atoms with E-state index in [0.717, 1.165) is 22.9 Å². The van der Waals surface area contributed by atoms with Crippen molar-refractivity contribution in [2.24, 2.45) is 24.3 Å². The number of fused-ring (bicyclic) bond motifs is 2. The molecule has 0 spiro atoms. The molecule has 0 radical (unpaired) electrons. The Morgan fingerprint density at radius 3 is 2.82 bits per heavy atom. The SMILES string of the molecule is Cc1cc(CC2(CBr)CC3CCC2C3)n(C)n1. The average molecular weight is 297 g/mol. The van der Waals surface area contributed by atoms with E-state index in [0.29, 0.717) is 5.41 Å². The van der Waals surface area contributed by atoms with Crippen LogP contribution in [0.15, 0.2) is 6.07 Å². The number of rotatable bonds is 3. The molecule has 2 bridgehead atoms. The predicted octanol–water partition coefficient (Wildman–Crippen LogP) is 3.47. The second kappa shape index (κ2) is 4.11. The van der Waals surface area contributed by atoms with Crippen molar-refractivity contribution in [3.63, 3.8) is 0 Å². The standard InChI is InChI=1S/C14H21BrN2/c1-10-5-13(17(2)16-10)8-14(9-15)7-11-3-4-12(14)6-11/h5,11-12H,3-4,6-9H2,1-2H3. The molecule has 2 nitrogen and oxygen atoms in total. The smallest absolute Gasteiger partial charge is 0.0596 e. The molecule has 1 aromatic heterocycles. The maximum atomic E-state index is 4.48. The Morgan fingerprint density at radius 1 is 1.53 bits per heavy atom. The van der Waals surface area contributed by atoms with Gasteiger partial charge in [-0.25, -0.2) is 0 Å². The van der Waals surface area contributed by atoms with Gasteiger partial charge in [0.1, 0.15) is 0 Å². The summed E-state index contributed by atoms with van der Waals surface area (Å²) in [6.45, 7) is 2.09. The molecule has 0 saturated heterocycles. The second-order valence-corrected chi connectivity index (χ2v) is 6.71. The molecule has 1 aromatic rings. The van der Waals surface area contributed by atoms with Crippen LogP contribution in [0.5, 0.6) is 0 Å². The number of hydrogen-bond donors (Lipinski definition) is 0. The minimum Gasteiger partial charge on any atom is -0.272 e. The molecule has 2 aliphatic rings. The van der Waals surface area contributed by atoms with E-state index in [1.54, 1.807) is 0 Å². The lowest BCUT2D eigenvalue weighted by molar-refractivity contribution is 0.193. The van der Waals surface area contributed by atoms with Gasteiger partial charge in [-0.1, -0.05) is 22.4 Å². The Balaban J connectivity index is 1.85. The highest BCUT2D eigenvalue weighted by atomic mass is 79.9. The zero-order valence-corrected chi connectivity index (χ0v) is 12.3. The first kappa shape index (κ1) is 11.8. The van der Waals surface area contributed by atoms with Gasteiger partial charge in [0.15, 0.2) is 0 Å². The molecule has 2 saturated carbocycles. The van der Waals surface area contributed by atoms with Gasteiger partial charge in [-0.15, -0.1) is 0 Å². The van der Waals surface area contributed by atoms with Crippen LogP contribution in [0.2, 0.25) is 0 Å². The number of alkyl halides is 1. The summed E-state index contributed by atoms with van der Waals surface area (Å²) in [6, 6.07) is 2.26. The summed E-state index contributed by atoms with van der Waals surface area (Å²) in [6.07, 6.45) is 7.03. The minimum absolute atomic E-state index is 0.517. The lowest BCUT2D eigenvalue weighted by Crippen LogP contribution is -2.32. The van der Waals surface area contributed by atoms with Crippen LogP contribution in [0.3, 0.4) is 0 Å². The topological polar surface area (TPSA) is 17.8 Å². The van der Waals surface area contributed by atoms with Crippen LogP contribution in [0, 0.1) is 24.2 Å². The van der Waals surface area contributed by atoms with E-state index in [1.165, 1.54) is 37.8 Å². The van der Waals surface area contributed by atoms with Gasteiger partial charge in [0.2, 0.25) is 0 Å². The van der Waals surface area contributed by atoms with Crippen LogP contribution in [-0.2, 0) is 13.5 Å². The highest BCUT2D eigenvalue weighted by Crippen LogP contribution is 2.57. The van der Waals surface area contributed by atoms with Crippen molar-refractivity contribution in [1.29, 1.82) is 0 Å². The van der Waals surface area contributed by atoms with Gasteiger partial charge >= 0.3 is 0 Å². The Kier molecular flexibility index (Phi) is 2.85. The summed E-state index contributed by atoms with van der Waals surface area (Å²) in [5.41, 5.74) is 3.08. The Bertz CT molecular complexity index is 426. The van der Waals surface area contributed by atoms with Gasteiger partial charge in [-0.05, 0) is 55.9 Å². The summed E-state index contributed by atoms with van der Waals surface area (Å²) in [5, 5.41) is 5.64. The predicted molar refractivity (Wildman–Crippen MR) is 73.3 cm³/mol. The van der Waals surface area contributed by atoms with Crippen LogP contribution in [0.25, 0.3) is 0 Å². The van der Waals surface area contributed by atoms with E-state index >= 15 is 0 Å². The molecule has 0 aromatic carbocycles. The van der Waals surface area contributed by atoms with E-state index in [-0.39, 0.29) is 0 Å². The molecule has 3 heteroatoms. The highest BCUT2D eigenvalue weighted by Gasteiger charge is 2.50. The van der Waals surface area contributed by atoms with E-state index in [2.05, 4.69) is 45.7 Å². The van der Waals surface area contributed by atoms with Gasteiger partial charge in [-0.3, -0.25) is 4.68 Å². The number of halogens is 1. The fraction of sp³-hybridized carbons (Fsp3) is 0.786. The number of nitrogens with zero attached hydrogens (tertiary/aromatic N) is 2. The Labute approximate surface area is 112 Å². The van der Waals surface area contributed by atoms with Crippen molar-refractivity contribution < 1.29 is 0 Å². The van der Waals surface area contributed by atoms with Gasteiger partial charge in [0, 0.05) is 18.1 Å². The molecule has 0 aliphatic heterocycles. The number of aryl methyl sites for hydroxylation is 2. The number of aromatic nitrogens is 2. The summed E-state index contributed by atoms with van der Waals surface area (Å²) in [4.78, 5) is 0. The van der Waals surface area contributed by atoms with E-state index < -0.39 is 0 Å². The normalized spacial score (nSPS) is 35.7. The highest BCUT2D eigenvalue weighted by molar-refractivity contribution is 9.09. The zero-order chi connectivity index (χ0) is 12.0. The first-order valence-electron chi connectivity index (χ1n) is 6.68. The van der Waals surface area contributed by atoms with Crippen LogP contribution < -0.4 is 0 Å². The lowest BCUT2D eigenvalue weighted by atomic mass is 9.72. The first-order valence-corrected chi connectivity index (χ1v) is 7.80. The molecule has 2 fully saturated rings. The lowest BCUT2D eigenvalue weighted by Gasteiger charge is -2.36. The summed E-state index contributed by atoms with van der Waals surface area (Å²) in [7, 11) is 2.08. The fourth-order valence-corrected chi connectivity index (χ4v) is 5.06. The monoisotopic (exact) mass is 296 g/mol. The van der Waals surface area contributed by atoms with Crippen molar-refractivity contribution in [3.05, 3.63) is 17.5 Å².